The lowest BCUT2D eigenvalue weighted by molar-refractivity contribution is 0.169. The van der Waals surface area contributed by atoms with Crippen molar-refractivity contribution >= 4 is 0 Å². The van der Waals surface area contributed by atoms with E-state index in [1.165, 1.54) is 6.42 Å². The van der Waals surface area contributed by atoms with Crippen molar-refractivity contribution in [3.05, 3.63) is 35.9 Å². The van der Waals surface area contributed by atoms with Crippen LogP contribution in [0.4, 0.5) is 0 Å². The fourth-order valence-electron chi connectivity index (χ4n) is 2.62. The molecule has 1 saturated carbocycles. The average molecular weight is 262 g/mol. The van der Waals surface area contributed by atoms with Crippen LogP contribution in [0.25, 0.3) is 0 Å². The fraction of sp³-hybridized carbons (Fsp3) is 0.625. The van der Waals surface area contributed by atoms with Gasteiger partial charge in [0.1, 0.15) is 0 Å². The van der Waals surface area contributed by atoms with E-state index >= 15 is 0 Å². The molecule has 1 aromatic carbocycles. The van der Waals surface area contributed by atoms with Crippen molar-refractivity contribution in [1.82, 2.24) is 4.90 Å². The summed E-state index contributed by atoms with van der Waals surface area (Å²) in [5.41, 5.74) is 6.76. The van der Waals surface area contributed by atoms with Crippen molar-refractivity contribution < 1.29 is 5.11 Å². The second-order valence-corrected chi connectivity index (χ2v) is 6.17. The Hall–Kier alpha value is -0.900. The minimum atomic E-state index is -0.620. The van der Waals surface area contributed by atoms with Gasteiger partial charge in [-0.25, -0.2) is 0 Å². The largest absolute Gasteiger partial charge is 0.394 e. The maximum atomic E-state index is 9.64. The van der Waals surface area contributed by atoms with Crippen LogP contribution >= 0.6 is 0 Å². The molecule has 3 unspecified atom stereocenters. The summed E-state index contributed by atoms with van der Waals surface area (Å²) in [7, 11) is 2.15. The molecular weight excluding hydrogens is 236 g/mol. The summed E-state index contributed by atoms with van der Waals surface area (Å²) in [5, 5.41) is 9.64. The Morgan fingerprint density at radius 2 is 2.00 bits per heavy atom. The van der Waals surface area contributed by atoms with Gasteiger partial charge < -0.3 is 15.7 Å². The summed E-state index contributed by atoms with van der Waals surface area (Å²) in [5.74, 6) is 1.75. The standard InChI is InChI=1S/C16H26N2O/c1-13-10-14(13)11-18(2)9-8-16(17,12-19)15-6-4-3-5-7-15/h3-7,13-14,19H,8-12,17H2,1-2H3. The van der Waals surface area contributed by atoms with Gasteiger partial charge in [0.2, 0.25) is 0 Å². The van der Waals surface area contributed by atoms with Gasteiger partial charge in [0.25, 0.3) is 0 Å². The molecule has 0 bridgehead atoms. The van der Waals surface area contributed by atoms with E-state index in [-0.39, 0.29) is 6.61 Å². The Balaban J connectivity index is 1.88. The summed E-state index contributed by atoms with van der Waals surface area (Å²) < 4.78 is 0. The van der Waals surface area contributed by atoms with E-state index in [9.17, 15) is 5.11 Å². The molecule has 3 heteroatoms. The topological polar surface area (TPSA) is 49.5 Å². The molecule has 3 atom stereocenters. The van der Waals surface area contributed by atoms with E-state index in [0.29, 0.717) is 0 Å². The third-order valence-electron chi connectivity index (χ3n) is 4.39. The molecule has 1 aromatic rings. The number of hydrogen-bond acceptors (Lipinski definition) is 3. The number of rotatable bonds is 7. The van der Waals surface area contributed by atoms with Gasteiger partial charge >= 0.3 is 0 Å². The van der Waals surface area contributed by atoms with Gasteiger partial charge in [0.05, 0.1) is 12.1 Å². The van der Waals surface area contributed by atoms with Crippen molar-refractivity contribution in [2.75, 3.05) is 26.7 Å². The Kier molecular flexibility index (Phi) is 4.61. The highest BCUT2D eigenvalue weighted by molar-refractivity contribution is 5.24. The van der Waals surface area contributed by atoms with Crippen LogP contribution in [0.1, 0.15) is 25.3 Å². The highest BCUT2D eigenvalue weighted by atomic mass is 16.3. The van der Waals surface area contributed by atoms with E-state index in [1.54, 1.807) is 0 Å². The summed E-state index contributed by atoms with van der Waals surface area (Å²) in [6.45, 7) is 4.38. The van der Waals surface area contributed by atoms with Gasteiger partial charge in [-0.05, 0) is 37.3 Å². The highest BCUT2D eigenvalue weighted by Gasteiger charge is 2.33. The molecule has 1 fully saturated rings. The molecule has 1 aliphatic rings. The van der Waals surface area contributed by atoms with Gasteiger partial charge in [-0.3, -0.25) is 0 Å². The Morgan fingerprint density at radius 1 is 1.37 bits per heavy atom. The van der Waals surface area contributed by atoms with E-state index in [4.69, 9.17) is 5.73 Å². The van der Waals surface area contributed by atoms with Crippen LogP contribution in [-0.4, -0.2) is 36.8 Å². The van der Waals surface area contributed by atoms with Crippen LogP contribution in [-0.2, 0) is 5.54 Å². The molecule has 19 heavy (non-hydrogen) atoms. The summed E-state index contributed by atoms with van der Waals surface area (Å²) in [6.07, 6.45) is 2.14. The molecule has 1 aliphatic carbocycles. The van der Waals surface area contributed by atoms with Crippen molar-refractivity contribution in [2.45, 2.75) is 25.3 Å². The maximum absolute atomic E-state index is 9.64. The first-order chi connectivity index (χ1) is 9.05. The Bertz CT molecular complexity index is 395. The number of hydrogen-bond donors (Lipinski definition) is 2. The Labute approximate surface area is 116 Å². The number of nitrogens with zero attached hydrogens (tertiary/aromatic N) is 1. The van der Waals surface area contributed by atoms with E-state index in [0.717, 1.165) is 36.9 Å². The fourth-order valence-corrected chi connectivity index (χ4v) is 2.62. The van der Waals surface area contributed by atoms with E-state index in [2.05, 4.69) is 18.9 Å². The quantitative estimate of drug-likeness (QED) is 0.788. The molecule has 0 aliphatic heterocycles. The lowest BCUT2D eigenvalue weighted by Crippen LogP contribution is -2.43. The van der Waals surface area contributed by atoms with Crippen LogP contribution in [0.15, 0.2) is 30.3 Å². The average Bonchev–Trinajstić information content (AvgIpc) is 3.12. The molecule has 0 amide bonds. The molecule has 0 spiro atoms. The lowest BCUT2D eigenvalue weighted by Gasteiger charge is -2.30. The zero-order valence-electron chi connectivity index (χ0n) is 12.0. The zero-order chi connectivity index (χ0) is 13.9. The first-order valence-corrected chi connectivity index (χ1v) is 7.19. The smallest absolute Gasteiger partial charge is 0.0656 e. The molecule has 0 aromatic heterocycles. The van der Waals surface area contributed by atoms with Gasteiger partial charge in [0.15, 0.2) is 0 Å². The normalized spacial score (nSPS) is 25.3. The molecule has 3 nitrogen and oxygen atoms in total. The number of benzene rings is 1. The molecule has 0 heterocycles. The molecule has 3 N–H and O–H groups in total. The van der Waals surface area contributed by atoms with E-state index in [1.807, 2.05) is 30.3 Å². The van der Waals surface area contributed by atoms with Crippen LogP contribution in [0.2, 0.25) is 0 Å². The van der Waals surface area contributed by atoms with Crippen LogP contribution in [0.3, 0.4) is 0 Å². The molecule has 0 saturated heterocycles. The Morgan fingerprint density at radius 3 is 2.53 bits per heavy atom. The van der Waals surface area contributed by atoms with Crippen molar-refractivity contribution in [2.24, 2.45) is 17.6 Å². The predicted molar refractivity (Wildman–Crippen MR) is 78.8 cm³/mol. The van der Waals surface area contributed by atoms with Gasteiger partial charge in [-0.1, -0.05) is 37.3 Å². The monoisotopic (exact) mass is 262 g/mol. The first-order valence-electron chi connectivity index (χ1n) is 7.19. The zero-order valence-corrected chi connectivity index (χ0v) is 12.0. The third-order valence-corrected chi connectivity index (χ3v) is 4.39. The number of aliphatic hydroxyl groups excluding tert-OH is 1. The lowest BCUT2D eigenvalue weighted by atomic mass is 9.88. The van der Waals surface area contributed by atoms with Gasteiger partial charge in [-0.15, -0.1) is 0 Å². The van der Waals surface area contributed by atoms with Crippen LogP contribution in [0, 0.1) is 11.8 Å². The first kappa shape index (κ1) is 14.5. The predicted octanol–water partition coefficient (Wildman–Crippen LogP) is 1.81. The summed E-state index contributed by atoms with van der Waals surface area (Å²) in [4.78, 5) is 2.34. The SMILES string of the molecule is CC1CC1CN(C)CCC(N)(CO)c1ccccc1. The molecule has 0 radical (unpaired) electrons. The van der Waals surface area contributed by atoms with Crippen molar-refractivity contribution in [3.63, 3.8) is 0 Å². The van der Waals surface area contributed by atoms with Gasteiger partial charge in [-0.2, -0.15) is 0 Å². The van der Waals surface area contributed by atoms with Crippen LogP contribution in [0.5, 0.6) is 0 Å². The minimum absolute atomic E-state index is 0.00924. The van der Waals surface area contributed by atoms with Gasteiger partial charge in [0, 0.05) is 13.1 Å². The molecular formula is C16H26N2O. The van der Waals surface area contributed by atoms with Crippen molar-refractivity contribution in [3.8, 4) is 0 Å². The second-order valence-electron chi connectivity index (χ2n) is 6.17. The third kappa shape index (κ3) is 3.78. The minimum Gasteiger partial charge on any atom is -0.394 e. The molecule has 106 valence electrons. The van der Waals surface area contributed by atoms with Crippen LogP contribution < -0.4 is 5.73 Å². The maximum Gasteiger partial charge on any atom is 0.0656 e. The second kappa shape index (κ2) is 6.04. The number of nitrogens with two attached hydrogens (primary N) is 1. The molecule has 2 rings (SSSR count). The number of aliphatic hydroxyl groups is 1. The highest BCUT2D eigenvalue weighted by Crippen LogP contribution is 2.38. The summed E-state index contributed by atoms with van der Waals surface area (Å²) >= 11 is 0. The van der Waals surface area contributed by atoms with E-state index < -0.39 is 5.54 Å². The van der Waals surface area contributed by atoms with Crippen molar-refractivity contribution in [1.29, 1.82) is 0 Å². The summed E-state index contributed by atoms with van der Waals surface area (Å²) in [6, 6.07) is 9.92.